The third-order valence-corrected chi connectivity index (χ3v) is 5.57. The van der Waals surface area contributed by atoms with Crippen LogP contribution < -0.4 is 9.64 Å². The Kier molecular flexibility index (Phi) is 3.69. The monoisotopic (exact) mass is 339 g/mol. The van der Waals surface area contributed by atoms with E-state index < -0.39 is 0 Å². The van der Waals surface area contributed by atoms with Gasteiger partial charge in [0.2, 0.25) is 5.88 Å². The van der Waals surface area contributed by atoms with Crippen LogP contribution in [0.2, 0.25) is 0 Å². The number of hydrogen-bond donors (Lipinski definition) is 0. The van der Waals surface area contributed by atoms with E-state index in [1.54, 1.807) is 16.2 Å². The predicted octanol–water partition coefficient (Wildman–Crippen LogP) is 3.28. The molecule has 1 amide bonds. The molecule has 0 atom stereocenters. The van der Waals surface area contributed by atoms with Gasteiger partial charge in [0.25, 0.3) is 5.91 Å². The van der Waals surface area contributed by atoms with Gasteiger partial charge in [-0.15, -0.1) is 11.3 Å². The van der Waals surface area contributed by atoms with Crippen molar-refractivity contribution in [3.63, 3.8) is 0 Å². The van der Waals surface area contributed by atoms with Crippen LogP contribution in [-0.4, -0.2) is 29.0 Å². The van der Waals surface area contributed by atoms with Crippen molar-refractivity contribution in [3.05, 3.63) is 46.6 Å². The Morgan fingerprint density at radius 1 is 1.29 bits per heavy atom. The molecule has 0 radical (unpaired) electrons. The summed E-state index contributed by atoms with van der Waals surface area (Å²) in [7, 11) is 0. The van der Waals surface area contributed by atoms with E-state index in [4.69, 9.17) is 4.74 Å². The molecule has 6 heteroatoms. The highest BCUT2D eigenvalue weighted by Crippen LogP contribution is 2.34. The van der Waals surface area contributed by atoms with E-state index in [2.05, 4.69) is 23.0 Å². The lowest BCUT2D eigenvalue weighted by Crippen LogP contribution is -2.33. The first-order valence-electron chi connectivity index (χ1n) is 7.87. The first-order valence-corrected chi connectivity index (χ1v) is 8.68. The Morgan fingerprint density at radius 2 is 2.12 bits per heavy atom. The largest absolute Gasteiger partial charge is 0.467 e. The van der Waals surface area contributed by atoms with Crippen LogP contribution in [0.1, 0.15) is 16.0 Å². The Bertz CT molecular complexity index is 935. The van der Waals surface area contributed by atoms with Gasteiger partial charge in [-0.3, -0.25) is 4.79 Å². The standard InChI is InChI=1S/C18H17N3O2S/c1-11-12(2)24-18-16(11)17(19-10-20-18)23-9-15(22)21-8-7-13-5-3-4-6-14(13)21/h3-6,10H,7-9H2,1-2H3. The maximum atomic E-state index is 12.6. The summed E-state index contributed by atoms with van der Waals surface area (Å²) in [4.78, 5) is 25.0. The molecule has 24 heavy (non-hydrogen) atoms. The number of aromatic nitrogens is 2. The van der Waals surface area contributed by atoms with Gasteiger partial charge in [0.1, 0.15) is 11.2 Å². The van der Waals surface area contributed by atoms with Gasteiger partial charge in [0.15, 0.2) is 6.61 Å². The fraction of sp³-hybridized carbons (Fsp3) is 0.278. The Morgan fingerprint density at radius 3 is 3.00 bits per heavy atom. The molecule has 0 spiro atoms. The average molecular weight is 339 g/mol. The molecular formula is C18H17N3O2S. The number of nitrogens with zero attached hydrogens (tertiary/aromatic N) is 3. The van der Waals surface area contributed by atoms with E-state index in [9.17, 15) is 4.79 Å². The van der Waals surface area contributed by atoms with Crippen molar-refractivity contribution in [1.29, 1.82) is 0 Å². The molecule has 122 valence electrons. The molecular weight excluding hydrogens is 322 g/mol. The number of hydrogen-bond acceptors (Lipinski definition) is 5. The molecule has 0 unspecified atom stereocenters. The lowest BCUT2D eigenvalue weighted by molar-refractivity contribution is -0.120. The number of benzene rings is 1. The zero-order valence-electron chi connectivity index (χ0n) is 13.6. The second kappa shape index (κ2) is 5.87. The van der Waals surface area contributed by atoms with Crippen molar-refractivity contribution in [2.45, 2.75) is 20.3 Å². The minimum atomic E-state index is -0.0451. The fourth-order valence-electron chi connectivity index (χ4n) is 3.06. The minimum Gasteiger partial charge on any atom is -0.467 e. The summed E-state index contributed by atoms with van der Waals surface area (Å²) in [5.41, 5.74) is 3.31. The summed E-state index contributed by atoms with van der Waals surface area (Å²) in [5.74, 6) is 0.444. The van der Waals surface area contributed by atoms with Crippen molar-refractivity contribution >= 4 is 33.1 Å². The molecule has 3 aromatic rings. The van der Waals surface area contributed by atoms with Gasteiger partial charge < -0.3 is 9.64 Å². The quantitative estimate of drug-likeness (QED) is 0.735. The number of carbonyl (C=O) groups is 1. The van der Waals surface area contributed by atoms with Gasteiger partial charge in [-0.2, -0.15) is 0 Å². The van der Waals surface area contributed by atoms with Crippen molar-refractivity contribution in [1.82, 2.24) is 9.97 Å². The maximum Gasteiger partial charge on any atom is 0.264 e. The number of aryl methyl sites for hydroxylation is 2. The molecule has 1 aromatic carbocycles. The zero-order valence-corrected chi connectivity index (χ0v) is 14.4. The van der Waals surface area contributed by atoms with E-state index in [1.165, 1.54) is 16.8 Å². The van der Waals surface area contributed by atoms with Crippen molar-refractivity contribution < 1.29 is 9.53 Å². The highest BCUT2D eigenvalue weighted by atomic mass is 32.1. The van der Waals surface area contributed by atoms with Crippen molar-refractivity contribution in [2.75, 3.05) is 18.1 Å². The number of fused-ring (bicyclic) bond motifs is 2. The van der Waals surface area contributed by atoms with Gasteiger partial charge in [-0.05, 0) is 37.5 Å². The molecule has 0 saturated carbocycles. The average Bonchev–Trinajstić information content (AvgIpc) is 3.15. The molecule has 0 N–H and O–H groups in total. The number of rotatable bonds is 3. The molecule has 0 saturated heterocycles. The molecule has 0 fully saturated rings. The van der Waals surface area contributed by atoms with Crippen molar-refractivity contribution in [3.8, 4) is 5.88 Å². The lowest BCUT2D eigenvalue weighted by atomic mass is 10.2. The van der Waals surface area contributed by atoms with Crippen LogP contribution in [0.4, 0.5) is 5.69 Å². The summed E-state index contributed by atoms with van der Waals surface area (Å²) < 4.78 is 5.77. The minimum absolute atomic E-state index is 0.0191. The highest BCUT2D eigenvalue weighted by Gasteiger charge is 2.25. The van der Waals surface area contributed by atoms with Crippen LogP contribution in [0.3, 0.4) is 0 Å². The van der Waals surface area contributed by atoms with Gasteiger partial charge in [-0.25, -0.2) is 9.97 Å². The van der Waals surface area contributed by atoms with E-state index in [0.29, 0.717) is 12.4 Å². The van der Waals surface area contributed by atoms with E-state index >= 15 is 0 Å². The predicted molar refractivity (Wildman–Crippen MR) is 94.9 cm³/mol. The van der Waals surface area contributed by atoms with Crippen LogP contribution in [0.5, 0.6) is 5.88 Å². The molecule has 0 bridgehead atoms. The summed E-state index contributed by atoms with van der Waals surface area (Å²) >= 11 is 1.62. The molecule has 1 aliphatic rings. The van der Waals surface area contributed by atoms with Gasteiger partial charge in [0, 0.05) is 17.1 Å². The van der Waals surface area contributed by atoms with Crippen LogP contribution in [0.25, 0.3) is 10.2 Å². The Hall–Kier alpha value is -2.47. The van der Waals surface area contributed by atoms with Gasteiger partial charge in [-0.1, -0.05) is 18.2 Å². The first-order chi connectivity index (χ1) is 11.6. The maximum absolute atomic E-state index is 12.6. The fourth-order valence-corrected chi connectivity index (χ4v) is 4.05. The molecule has 2 aromatic heterocycles. The number of ether oxygens (including phenoxy) is 1. The van der Waals surface area contributed by atoms with Crippen LogP contribution >= 0.6 is 11.3 Å². The van der Waals surface area contributed by atoms with E-state index in [0.717, 1.165) is 27.9 Å². The third kappa shape index (κ3) is 2.43. The van der Waals surface area contributed by atoms with Gasteiger partial charge in [0.05, 0.1) is 5.39 Å². The van der Waals surface area contributed by atoms with E-state index in [1.807, 2.05) is 25.1 Å². The molecule has 5 nitrogen and oxygen atoms in total. The second-order valence-electron chi connectivity index (χ2n) is 5.85. The SMILES string of the molecule is Cc1sc2ncnc(OCC(=O)N3CCc4ccccc43)c2c1C. The number of carbonyl (C=O) groups excluding carboxylic acids is 1. The number of thiophene rings is 1. The topological polar surface area (TPSA) is 55.3 Å². The van der Waals surface area contributed by atoms with Crippen LogP contribution in [0.15, 0.2) is 30.6 Å². The summed E-state index contributed by atoms with van der Waals surface area (Å²) in [6.45, 7) is 4.77. The second-order valence-corrected chi connectivity index (χ2v) is 7.06. The number of anilines is 1. The van der Waals surface area contributed by atoms with Gasteiger partial charge >= 0.3 is 0 Å². The summed E-state index contributed by atoms with van der Waals surface area (Å²) in [6.07, 6.45) is 2.38. The van der Waals surface area contributed by atoms with E-state index in [-0.39, 0.29) is 12.5 Å². The lowest BCUT2D eigenvalue weighted by Gasteiger charge is -2.17. The summed E-state index contributed by atoms with van der Waals surface area (Å²) in [6, 6.07) is 8.00. The smallest absolute Gasteiger partial charge is 0.264 e. The van der Waals surface area contributed by atoms with Crippen LogP contribution in [0, 0.1) is 13.8 Å². The zero-order chi connectivity index (χ0) is 16.7. The summed E-state index contributed by atoms with van der Waals surface area (Å²) in [5, 5.41) is 0.912. The molecule has 0 aliphatic carbocycles. The molecule has 4 rings (SSSR count). The third-order valence-electron chi connectivity index (χ3n) is 4.45. The Balaban J connectivity index is 1.55. The van der Waals surface area contributed by atoms with Crippen molar-refractivity contribution in [2.24, 2.45) is 0 Å². The van der Waals surface area contributed by atoms with Crippen LogP contribution in [-0.2, 0) is 11.2 Å². The first kappa shape index (κ1) is 15.1. The number of para-hydroxylation sites is 1. The highest BCUT2D eigenvalue weighted by molar-refractivity contribution is 7.18. The Labute approximate surface area is 143 Å². The molecule has 1 aliphatic heterocycles. The molecule has 3 heterocycles. The normalized spacial score (nSPS) is 13.3. The number of amides is 1.